The van der Waals surface area contributed by atoms with Crippen LogP contribution in [-0.2, 0) is 57.7 Å². The Morgan fingerprint density at radius 3 is 1.43 bits per heavy atom. The van der Waals surface area contributed by atoms with Crippen molar-refractivity contribution in [3.63, 3.8) is 0 Å². The highest BCUT2D eigenvalue weighted by atomic mass is 16.8. The third-order valence-electron chi connectivity index (χ3n) is 9.83. The lowest BCUT2D eigenvalue weighted by atomic mass is 9.96. The zero-order valence-electron chi connectivity index (χ0n) is 29.8. The normalized spacial score (nSPS) is 37.2. The van der Waals surface area contributed by atoms with Crippen molar-refractivity contribution in [3.8, 4) is 0 Å². The molecule has 0 radical (unpaired) electrons. The van der Waals surface area contributed by atoms with E-state index in [9.17, 15) is 35.7 Å². The zero-order valence-corrected chi connectivity index (χ0v) is 29.8. The van der Waals surface area contributed by atoms with Gasteiger partial charge in [-0.05, 0) is 23.6 Å². The van der Waals surface area contributed by atoms with Gasteiger partial charge in [0.2, 0.25) is 0 Å². The number of ether oxygens (including phenoxy) is 8. The molecule has 3 saturated heterocycles. The summed E-state index contributed by atoms with van der Waals surface area (Å²) in [6.07, 6.45) is -20.8. The van der Waals surface area contributed by atoms with Gasteiger partial charge in [-0.1, -0.05) is 91.0 Å². The van der Waals surface area contributed by atoms with Gasteiger partial charge in [-0.2, -0.15) is 0 Å². The average Bonchev–Trinajstić information content (AvgIpc) is 3.20. The van der Waals surface area contributed by atoms with Gasteiger partial charge in [0.05, 0.1) is 39.1 Å². The third kappa shape index (κ3) is 9.70. The van der Waals surface area contributed by atoms with Gasteiger partial charge in [-0.25, -0.2) is 0 Å². The molecular weight excluding hydrogens is 708 g/mol. The summed E-state index contributed by atoms with van der Waals surface area (Å²) in [4.78, 5) is 0. The van der Waals surface area contributed by atoms with E-state index in [2.05, 4.69) is 0 Å². The van der Waals surface area contributed by atoms with Crippen molar-refractivity contribution >= 4 is 0 Å². The molecule has 3 aliphatic heterocycles. The van der Waals surface area contributed by atoms with Crippen LogP contribution in [0, 0.1) is 0 Å². The fourth-order valence-corrected chi connectivity index (χ4v) is 6.83. The average molecular weight is 759 g/mol. The van der Waals surface area contributed by atoms with E-state index < -0.39 is 105 Å². The van der Waals surface area contributed by atoms with Crippen LogP contribution in [0.25, 0.3) is 0 Å². The highest BCUT2D eigenvalue weighted by molar-refractivity contribution is 5.16. The second-order valence-electron chi connectivity index (χ2n) is 13.6. The molecule has 3 fully saturated rings. The molecule has 15 nitrogen and oxygen atoms in total. The van der Waals surface area contributed by atoms with Crippen LogP contribution in [0.2, 0.25) is 0 Å². The van der Waals surface area contributed by atoms with Gasteiger partial charge in [0, 0.05) is 0 Å². The summed E-state index contributed by atoms with van der Waals surface area (Å²) in [7, 11) is 0. The summed E-state index contributed by atoms with van der Waals surface area (Å²) < 4.78 is 49.7. The molecule has 15 atom stereocenters. The van der Waals surface area contributed by atoms with Gasteiger partial charge in [-0.15, -0.1) is 0 Å². The van der Waals surface area contributed by atoms with E-state index in [1.165, 1.54) is 0 Å². The van der Waals surface area contributed by atoms with Crippen LogP contribution in [-0.4, -0.2) is 141 Å². The molecule has 15 unspecified atom stereocenters. The molecule has 3 heterocycles. The first-order chi connectivity index (χ1) is 26.2. The Balaban J connectivity index is 1.32. The Morgan fingerprint density at radius 1 is 0.463 bits per heavy atom. The highest BCUT2D eigenvalue weighted by Gasteiger charge is 2.54. The van der Waals surface area contributed by atoms with Gasteiger partial charge in [-0.3, -0.25) is 0 Å². The molecule has 6 rings (SSSR count). The van der Waals surface area contributed by atoms with Crippen molar-refractivity contribution in [3.05, 3.63) is 108 Å². The molecule has 3 aromatic carbocycles. The van der Waals surface area contributed by atoms with Crippen molar-refractivity contribution in [2.45, 2.75) is 119 Å². The first kappa shape index (κ1) is 40.7. The van der Waals surface area contributed by atoms with Crippen LogP contribution in [0.4, 0.5) is 0 Å². The number of rotatable bonds is 15. The van der Waals surface area contributed by atoms with Crippen LogP contribution in [0.5, 0.6) is 0 Å². The van der Waals surface area contributed by atoms with E-state index in [4.69, 9.17) is 37.9 Å². The molecule has 0 amide bonds. The van der Waals surface area contributed by atoms with E-state index in [-0.39, 0.29) is 19.8 Å². The number of aliphatic hydroxyl groups excluding tert-OH is 7. The van der Waals surface area contributed by atoms with Gasteiger partial charge < -0.3 is 73.6 Å². The van der Waals surface area contributed by atoms with Crippen LogP contribution >= 0.6 is 0 Å². The lowest BCUT2D eigenvalue weighted by Crippen LogP contribution is -2.67. The van der Waals surface area contributed by atoms with Crippen molar-refractivity contribution in [1.82, 2.24) is 0 Å². The smallest absolute Gasteiger partial charge is 0.187 e. The molecule has 0 saturated carbocycles. The standard InChI is InChI=1S/C39H50O15/c1-22-32(47-19-23-11-5-2-6-12-23)35(48-20-24-13-7-3-8-14-24)36(49-21-25-15-9-4-10-16-25)39(50-22)54-34-29(43)28(42)26(17-40)52-38(34)53-33-27(18-41)51-37(46)31(45)30(33)44/h2-16,22,26-46H,17-21H2,1H3. The minimum absolute atomic E-state index is 0.0998. The topological polar surface area (TPSA) is 215 Å². The summed E-state index contributed by atoms with van der Waals surface area (Å²) >= 11 is 0. The molecule has 54 heavy (non-hydrogen) atoms. The molecule has 296 valence electrons. The molecule has 0 aliphatic carbocycles. The fraction of sp³-hybridized carbons (Fsp3) is 0.538. The molecule has 0 bridgehead atoms. The maximum Gasteiger partial charge on any atom is 0.187 e. The minimum Gasteiger partial charge on any atom is -0.394 e. The van der Waals surface area contributed by atoms with Crippen LogP contribution in [0.15, 0.2) is 91.0 Å². The van der Waals surface area contributed by atoms with Crippen molar-refractivity contribution in [2.24, 2.45) is 0 Å². The molecule has 0 spiro atoms. The van der Waals surface area contributed by atoms with Crippen molar-refractivity contribution in [1.29, 1.82) is 0 Å². The zero-order chi connectivity index (χ0) is 38.2. The monoisotopic (exact) mass is 758 g/mol. The van der Waals surface area contributed by atoms with E-state index in [0.29, 0.717) is 0 Å². The first-order valence-corrected chi connectivity index (χ1v) is 18.0. The molecule has 15 heteroatoms. The first-order valence-electron chi connectivity index (χ1n) is 18.0. The van der Waals surface area contributed by atoms with E-state index in [1.54, 1.807) is 6.92 Å². The predicted octanol–water partition coefficient (Wildman–Crippen LogP) is 0.128. The van der Waals surface area contributed by atoms with Crippen LogP contribution < -0.4 is 0 Å². The van der Waals surface area contributed by atoms with Crippen molar-refractivity contribution in [2.75, 3.05) is 13.2 Å². The van der Waals surface area contributed by atoms with Gasteiger partial charge >= 0.3 is 0 Å². The molecule has 3 aromatic rings. The summed E-state index contributed by atoms with van der Waals surface area (Å²) in [6.45, 7) is 0.833. The minimum atomic E-state index is -1.82. The number of aliphatic hydroxyl groups is 7. The number of hydrogen-bond donors (Lipinski definition) is 7. The predicted molar refractivity (Wildman–Crippen MR) is 187 cm³/mol. The maximum atomic E-state index is 11.5. The Bertz CT molecular complexity index is 1520. The quantitative estimate of drug-likeness (QED) is 0.110. The SMILES string of the molecule is CC1OC(OC2C(OC3C(CO)OC(O)C(O)C3O)OC(CO)C(O)C2O)C(OCc2ccccc2)C(OCc2ccccc2)C1OCc1ccccc1. The summed E-state index contributed by atoms with van der Waals surface area (Å²) in [5.41, 5.74) is 2.65. The van der Waals surface area contributed by atoms with E-state index in [1.807, 2.05) is 91.0 Å². The third-order valence-corrected chi connectivity index (χ3v) is 9.83. The van der Waals surface area contributed by atoms with Crippen molar-refractivity contribution < 1.29 is 73.6 Å². The highest BCUT2D eigenvalue weighted by Crippen LogP contribution is 2.35. The van der Waals surface area contributed by atoms with Crippen LogP contribution in [0.1, 0.15) is 23.6 Å². The number of hydrogen-bond acceptors (Lipinski definition) is 15. The molecule has 0 aromatic heterocycles. The Hall–Kier alpha value is -2.94. The van der Waals surface area contributed by atoms with Gasteiger partial charge in [0.1, 0.15) is 67.1 Å². The summed E-state index contributed by atoms with van der Waals surface area (Å²) in [6, 6.07) is 28.6. The Labute approximate surface area is 313 Å². The molecule has 7 N–H and O–H groups in total. The van der Waals surface area contributed by atoms with Gasteiger partial charge in [0.25, 0.3) is 0 Å². The lowest BCUT2D eigenvalue weighted by Gasteiger charge is -2.49. The fourth-order valence-electron chi connectivity index (χ4n) is 6.83. The molecular formula is C39H50O15. The lowest BCUT2D eigenvalue weighted by molar-refractivity contribution is -0.390. The number of benzene rings is 3. The Kier molecular flexibility index (Phi) is 14.5. The largest absolute Gasteiger partial charge is 0.394 e. The summed E-state index contributed by atoms with van der Waals surface area (Å²) in [5.74, 6) is 0. The van der Waals surface area contributed by atoms with E-state index >= 15 is 0 Å². The Morgan fingerprint density at radius 2 is 0.907 bits per heavy atom. The summed E-state index contributed by atoms with van der Waals surface area (Å²) in [5, 5.41) is 73.6. The second-order valence-corrected chi connectivity index (χ2v) is 13.6. The molecule has 3 aliphatic rings. The maximum absolute atomic E-state index is 11.5. The second kappa shape index (κ2) is 19.3. The van der Waals surface area contributed by atoms with Crippen LogP contribution in [0.3, 0.4) is 0 Å². The van der Waals surface area contributed by atoms with E-state index in [0.717, 1.165) is 16.7 Å². The van der Waals surface area contributed by atoms with Gasteiger partial charge in [0.15, 0.2) is 18.9 Å².